The summed E-state index contributed by atoms with van der Waals surface area (Å²) in [4.78, 5) is 69.5. The Morgan fingerprint density at radius 2 is 1.69 bits per heavy atom. The van der Waals surface area contributed by atoms with Crippen LogP contribution in [0, 0.1) is 22.7 Å². The number of hydrogen-bond donors (Lipinski definition) is 4. The van der Waals surface area contributed by atoms with E-state index < -0.39 is 112 Å². The molecule has 59 heavy (non-hydrogen) atoms. The number of ketones is 1. The largest absolute Gasteiger partial charge is 0.456 e. The van der Waals surface area contributed by atoms with Crippen LogP contribution in [-0.4, -0.2) is 118 Å². The van der Waals surface area contributed by atoms with Gasteiger partial charge in [0.15, 0.2) is 17.5 Å². The van der Waals surface area contributed by atoms with Crippen molar-refractivity contribution < 1.29 is 67.7 Å². The van der Waals surface area contributed by atoms with Crippen LogP contribution in [-0.2, 0) is 42.8 Å². The van der Waals surface area contributed by atoms with Crippen LogP contribution in [0.3, 0.4) is 0 Å². The molecular weight excluding hydrogens is 790 g/mol. The molecule has 1 aromatic carbocycles. The summed E-state index contributed by atoms with van der Waals surface area (Å²) >= 11 is 6.13. The smallest absolute Gasteiger partial charge is 0.407 e. The van der Waals surface area contributed by atoms with Crippen molar-refractivity contribution in [3.63, 3.8) is 0 Å². The zero-order valence-corrected chi connectivity index (χ0v) is 36.5. The molecule has 1 aromatic rings. The SMILES string of the molecule is CCO[C@H]1C(=O)[C@@]2(C)C(C(OC(=O)c3ccc(Cl)cc3)[C@]3(O)C[C@H](OC(=O)[C@H](O)[C@H](CC(C)C)NC(=O)OC(C)(C)C)C(C)=C1C3(C)C)[C@]1(OC(C)=O)CO[C@@H]1C[C@@H]2O. The first-order valence-corrected chi connectivity index (χ1v) is 20.6. The Labute approximate surface area is 350 Å². The van der Waals surface area contributed by atoms with Crippen molar-refractivity contribution in [1.29, 1.82) is 0 Å². The van der Waals surface area contributed by atoms with Crippen LogP contribution in [0.2, 0.25) is 5.02 Å². The molecule has 0 aromatic heterocycles. The summed E-state index contributed by atoms with van der Waals surface area (Å²) in [5.74, 6) is -5.00. The fourth-order valence-corrected chi connectivity index (χ4v) is 9.81. The van der Waals surface area contributed by atoms with Crippen molar-refractivity contribution in [2.75, 3.05) is 13.2 Å². The van der Waals surface area contributed by atoms with Gasteiger partial charge in [-0.2, -0.15) is 0 Å². The number of alkyl carbamates (subject to hydrolysis) is 1. The van der Waals surface area contributed by atoms with Crippen molar-refractivity contribution in [1.82, 2.24) is 5.32 Å². The average molecular weight is 850 g/mol. The van der Waals surface area contributed by atoms with Crippen LogP contribution >= 0.6 is 11.6 Å². The number of amides is 1. The second kappa shape index (κ2) is 16.7. The lowest BCUT2D eigenvalue weighted by Gasteiger charge is -2.67. The normalized spacial score (nSPS) is 33.5. The van der Waals surface area contributed by atoms with Gasteiger partial charge in [0, 0.05) is 36.8 Å². The summed E-state index contributed by atoms with van der Waals surface area (Å²) in [5, 5.41) is 40.1. The van der Waals surface area contributed by atoms with Gasteiger partial charge in [-0.1, -0.05) is 39.3 Å². The molecule has 328 valence electrons. The van der Waals surface area contributed by atoms with Gasteiger partial charge in [-0.05, 0) is 89.3 Å². The number of ether oxygens (including phenoxy) is 6. The first kappa shape index (κ1) is 46.5. The van der Waals surface area contributed by atoms with Crippen molar-refractivity contribution >= 4 is 41.4 Å². The Morgan fingerprint density at radius 1 is 1.07 bits per heavy atom. The summed E-state index contributed by atoms with van der Waals surface area (Å²) in [5.41, 5.74) is -7.67. The Bertz CT molecular complexity index is 1840. The third-order valence-corrected chi connectivity index (χ3v) is 12.9. The van der Waals surface area contributed by atoms with Gasteiger partial charge in [0.05, 0.1) is 35.6 Å². The molecule has 11 atom stereocenters. The highest BCUT2D eigenvalue weighted by Crippen LogP contribution is 2.64. The van der Waals surface area contributed by atoms with Crippen molar-refractivity contribution in [3.05, 3.63) is 46.0 Å². The number of aliphatic hydroxyl groups is 3. The lowest BCUT2D eigenvalue weighted by Crippen LogP contribution is -2.82. The van der Waals surface area contributed by atoms with E-state index in [1.165, 1.54) is 38.1 Å². The molecule has 3 fully saturated rings. The molecule has 15 nitrogen and oxygen atoms in total. The molecule has 1 amide bonds. The molecular formula is C43H60ClNO14. The summed E-state index contributed by atoms with van der Waals surface area (Å²) in [6, 6.07) is 4.66. The van der Waals surface area contributed by atoms with Gasteiger partial charge in [-0.3, -0.25) is 9.59 Å². The molecule has 5 rings (SSSR count). The Morgan fingerprint density at radius 3 is 2.22 bits per heavy atom. The van der Waals surface area contributed by atoms with E-state index >= 15 is 4.79 Å². The standard InChI is InChI=1S/C43H60ClNO14/c1-12-54-32-30-22(4)27(56-37(51)31(48)26(17-21(2)3)45-38(52)59-39(6,7)8)19-43(53,40(30,9)10)35(57-36(50)24-13-15-25(44)16-14-24)33-41(11,34(32)49)28(47)18-29-42(33,20-55-29)58-23(5)46/h13-16,21,26-29,31-33,35,47-48,53H,12,17-20H2,1-11H3,(H,45,52)/t26-,27-,28-,29+,31+,32+,33?,35?,41+,42-,43+/m0/s1. The number of carbonyl (C=O) groups is 5. The number of nitrogens with one attached hydrogen (secondary N) is 1. The Balaban J connectivity index is 1.71. The van der Waals surface area contributed by atoms with Crippen molar-refractivity contribution in [2.45, 2.75) is 155 Å². The number of benzene rings is 1. The molecule has 2 unspecified atom stereocenters. The third-order valence-electron chi connectivity index (χ3n) is 12.6. The van der Waals surface area contributed by atoms with E-state index in [1.807, 2.05) is 13.8 Å². The van der Waals surface area contributed by atoms with E-state index in [1.54, 1.807) is 48.5 Å². The summed E-state index contributed by atoms with van der Waals surface area (Å²) < 4.78 is 36.1. The second-order valence-electron chi connectivity index (χ2n) is 18.5. The Hall–Kier alpha value is -3.60. The minimum atomic E-state index is -2.28. The fourth-order valence-electron chi connectivity index (χ4n) is 9.68. The molecule has 1 aliphatic heterocycles. The van der Waals surface area contributed by atoms with Crippen molar-refractivity contribution in [2.24, 2.45) is 22.7 Å². The van der Waals surface area contributed by atoms with E-state index in [2.05, 4.69) is 5.32 Å². The minimum absolute atomic E-state index is 0.00469. The quantitative estimate of drug-likeness (QED) is 0.136. The van der Waals surface area contributed by atoms with Crippen LogP contribution in [0.4, 0.5) is 4.79 Å². The van der Waals surface area contributed by atoms with E-state index in [9.17, 15) is 34.5 Å². The van der Waals surface area contributed by atoms with Crippen LogP contribution < -0.4 is 5.32 Å². The van der Waals surface area contributed by atoms with Crippen LogP contribution in [0.25, 0.3) is 0 Å². The first-order chi connectivity index (χ1) is 27.2. The third kappa shape index (κ3) is 8.39. The molecule has 2 bridgehead atoms. The number of Topliss-reactive ketones (excluding diaryl/α,β-unsaturated/α-hetero) is 1. The molecule has 0 spiro atoms. The van der Waals surface area contributed by atoms with Crippen LogP contribution in [0.1, 0.15) is 106 Å². The predicted molar refractivity (Wildman–Crippen MR) is 212 cm³/mol. The Kier molecular flexibility index (Phi) is 13.1. The van der Waals surface area contributed by atoms with Crippen LogP contribution in [0.15, 0.2) is 35.4 Å². The molecule has 4 N–H and O–H groups in total. The molecule has 4 aliphatic rings. The summed E-state index contributed by atoms with van der Waals surface area (Å²) in [6.45, 7) is 17.7. The average Bonchev–Trinajstić information content (AvgIpc) is 3.11. The number of halogens is 1. The maximum atomic E-state index is 15.4. The number of carbonyl (C=O) groups excluding carboxylic acids is 5. The zero-order chi connectivity index (χ0) is 44.2. The van der Waals surface area contributed by atoms with Crippen molar-refractivity contribution in [3.8, 4) is 0 Å². The number of esters is 3. The van der Waals surface area contributed by atoms with E-state index in [0.717, 1.165) is 0 Å². The van der Waals surface area contributed by atoms with Gasteiger partial charge < -0.3 is 49.1 Å². The highest BCUT2D eigenvalue weighted by Gasteiger charge is 2.78. The van der Waals surface area contributed by atoms with E-state index in [4.69, 9.17) is 40.0 Å². The fraction of sp³-hybridized carbons (Fsp3) is 0.698. The van der Waals surface area contributed by atoms with Gasteiger partial charge in [-0.15, -0.1) is 0 Å². The number of hydrogen-bond acceptors (Lipinski definition) is 14. The highest BCUT2D eigenvalue weighted by atomic mass is 35.5. The maximum Gasteiger partial charge on any atom is 0.407 e. The molecule has 1 heterocycles. The van der Waals surface area contributed by atoms with Gasteiger partial charge in [0.1, 0.15) is 35.6 Å². The molecule has 16 heteroatoms. The minimum Gasteiger partial charge on any atom is -0.456 e. The van der Waals surface area contributed by atoms with Crippen LogP contribution in [0.5, 0.6) is 0 Å². The number of aliphatic hydroxyl groups excluding tert-OH is 2. The monoisotopic (exact) mass is 849 g/mol. The van der Waals surface area contributed by atoms with E-state index in [-0.39, 0.29) is 43.1 Å². The topological polar surface area (TPSA) is 213 Å². The van der Waals surface area contributed by atoms with E-state index in [0.29, 0.717) is 10.6 Å². The molecule has 2 saturated carbocycles. The second-order valence-corrected chi connectivity index (χ2v) is 18.9. The van der Waals surface area contributed by atoms with Gasteiger partial charge in [-0.25, -0.2) is 14.4 Å². The van der Waals surface area contributed by atoms with Gasteiger partial charge >= 0.3 is 24.0 Å². The maximum absolute atomic E-state index is 15.4. The summed E-state index contributed by atoms with van der Waals surface area (Å²) in [7, 11) is 0. The predicted octanol–water partition coefficient (Wildman–Crippen LogP) is 4.63. The summed E-state index contributed by atoms with van der Waals surface area (Å²) in [6.07, 6.45) is -10.2. The van der Waals surface area contributed by atoms with Gasteiger partial charge in [0.2, 0.25) is 0 Å². The zero-order valence-electron chi connectivity index (χ0n) is 35.8. The number of rotatable bonds is 11. The first-order valence-electron chi connectivity index (χ1n) is 20.2. The lowest BCUT2D eigenvalue weighted by molar-refractivity contribution is -0.346. The molecule has 1 saturated heterocycles. The lowest BCUT2D eigenvalue weighted by atomic mass is 9.44. The number of fused-ring (bicyclic) bond motifs is 5. The van der Waals surface area contributed by atoms with Gasteiger partial charge in [0.25, 0.3) is 0 Å². The molecule has 0 radical (unpaired) electrons. The molecule has 3 aliphatic carbocycles. The highest BCUT2D eigenvalue weighted by molar-refractivity contribution is 6.30.